The molecule has 4 nitrogen and oxygen atoms in total. The van der Waals surface area contributed by atoms with Crippen LogP contribution in [0.25, 0.3) is 0 Å². The minimum absolute atomic E-state index is 0.134. The largest absolute Gasteiger partial charge is 0.465 e. The van der Waals surface area contributed by atoms with Crippen molar-refractivity contribution in [2.45, 2.75) is 20.3 Å². The van der Waals surface area contributed by atoms with Crippen molar-refractivity contribution >= 4 is 40.6 Å². The van der Waals surface area contributed by atoms with E-state index >= 15 is 0 Å². The van der Waals surface area contributed by atoms with E-state index in [0.29, 0.717) is 22.2 Å². The molecular weight excluding hydrogens is 325 g/mol. The maximum atomic E-state index is 12.2. The summed E-state index contributed by atoms with van der Waals surface area (Å²) in [5, 5.41) is 4.14. The van der Waals surface area contributed by atoms with Gasteiger partial charge in [-0.25, -0.2) is 0 Å². The lowest BCUT2D eigenvalue weighted by Crippen LogP contribution is -2.35. The molecule has 22 heavy (non-hydrogen) atoms. The van der Waals surface area contributed by atoms with Gasteiger partial charge in [0.2, 0.25) is 0 Å². The maximum Gasteiger partial charge on any atom is 0.317 e. The number of nitrogens with one attached hydrogen (secondary N) is 1. The molecule has 0 saturated carbocycles. The standard InChI is InChI=1S/C16H17Cl2NO3/c1-3-22-16(21)15-9(2)6-11(8-14(15)20)19-13-5-4-10(17)7-12(13)18/h4-5,7-9,15,19H,3,6H2,1-2H3. The van der Waals surface area contributed by atoms with Gasteiger partial charge in [-0.15, -0.1) is 0 Å². The molecule has 1 N–H and O–H groups in total. The van der Waals surface area contributed by atoms with Crippen LogP contribution in [-0.4, -0.2) is 18.4 Å². The monoisotopic (exact) mass is 341 g/mol. The molecule has 0 fully saturated rings. The number of hydrogen-bond donors (Lipinski definition) is 1. The summed E-state index contributed by atoms with van der Waals surface area (Å²) in [5.74, 6) is -1.57. The molecule has 0 bridgehead atoms. The molecule has 0 aliphatic heterocycles. The number of carbonyl (C=O) groups is 2. The van der Waals surface area contributed by atoms with Crippen molar-refractivity contribution in [3.05, 3.63) is 40.0 Å². The Kier molecular flexibility index (Phi) is 5.48. The fourth-order valence-corrected chi connectivity index (χ4v) is 2.95. The topological polar surface area (TPSA) is 55.4 Å². The lowest BCUT2D eigenvalue weighted by atomic mass is 9.82. The van der Waals surface area contributed by atoms with Gasteiger partial charge in [0.1, 0.15) is 5.92 Å². The van der Waals surface area contributed by atoms with E-state index in [1.54, 1.807) is 25.1 Å². The Morgan fingerprint density at radius 2 is 2.14 bits per heavy atom. The number of esters is 1. The Morgan fingerprint density at radius 1 is 1.41 bits per heavy atom. The molecule has 1 aliphatic rings. The second-order valence-electron chi connectivity index (χ2n) is 5.23. The van der Waals surface area contributed by atoms with Gasteiger partial charge in [0, 0.05) is 16.8 Å². The molecule has 0 saturated heterocycles. The van der Waals surface area contributed by atoms with Crippen molar-refractivity contribution in [2.24, 2.45) is 11.8 Å². The summed E-state index contributed by atoms with van der Waals surface area (Å²) in [7, 11) is 0. The SMILES string of the molecule is CCOC(=O)C1C(=O)C=C(Nc2ccc(Cl)cc2Cl)CC1C. The predicted octanol–water partition coefficient (Wildman–Crippen LogP) is 4.08. The molecule has 1 aromatic carbocycles. The summed E-state index contributed by atoms with van der Waals surface area (Å²) in [4.78, 5) is 24.0. The van der Waals surface area contributed by atoms with Gasteiger partial charge >= 0.3 is 5.97 Å². The lowest BCUT2D eigenvalue weighted by molar-refractivity contribution is -0.152. The van der Waals surface area contributed by atoms with Crippen LogP contribution in [0.4, 0.5) is 5.69 Å². The maximum absolute atomic E-state index is 12.2. The van der Waals surface area contributed by atoms with Crippen LogP contribution in [0.5, 0.6) is 0 Å². The van der Waals surface area contributed by atoms with Crippen molar-refractivity contribution in [2.75, 3.05) is 11.9 Å². The average Bonchev–Trinajstić information content (AvgIpc) is 2.41. The second kappa shape index (κ2) is 7.16. The van der Waals surface area contributed by atoms with Crippen molar-refractivity contribution in [3.8, 4) is 0 Å². The van der Waals surface area contributed by atoms with E-state index in [4.69, 9.17) is 27.9 Å². The number of halogens is 2. The molecule has 0 heterocycles. The molecule has 1 aromatic rings. The molecule has 2 unspecified atom stereocenters. The third-order valence-electron chi connectivity index (χ3n) is 3.50. The molecule has 0 aromatic heterocycles. The first-order chi connectivity index (χ1) is 10.4. The van der Waals surface area contributed by atoms with E-state index in [1.807, 2.05) is 6.92 Å². The van der Waals surface area contributed by atoms with Gasteiger partial charge in [0.05, 0.1) is 17.3 Å². The Balaban J connectivity index is 2.16. The predicted molar refractivity (Wildman–Crippen MR) is 87.1 cm³/mol. The van der Waals surface area contributed by atoms with Crippen LogP contribution in [0.2, 0.25) is 10.0 Å². The zero-order chi connectivity index (χ0) is 16.3. The highest BCUT2D eigenvalue weighted by Gasteiger charge is 2.36. The zero-order valence-electron chi connectivity index (χ0n) is 12.4. The fraction of sp³-hybridized carbons (Fsp3) is 0.375. The molecule has 6 heteroatoms. The smallest absolute Gasteiger partial charge is 0.317 e. The highest BCUT2D eigenvalue weighted by atomic mass is 35.5. The average molecular weight is 342 g/mol. The van der Waals surface area contributed by atoms with E-state index in [0.717, 1.165) is 5.70 Å². The van der Waals surface area contributed by atoms with Crippen molar-refractivity contribution in [3.63, 3.8) is 0 Å². The van der Waals surface area contributed by atoms with Crippen molar-refractivity contribution < 1.29 is 14.3 Å². The lowest BCUT2D eigenvalue weighted by Gasteiger charge is -2.26. The fourth-order valence-electron chi connectivity index (χ4n) is 2.50. The summed E-state index contributed by atoms with van der Waals surface area (Å²) in [6.07, 6.45) is 2.01. The molecule has 2 atom stereocenters. The quantitative estimate of drug-likeness (QED) is 0.662. The van der Waals surface area contributed by atoms with Crippen LogP contribution < -0.4 is 5.32 Å². The Morgan fingerprint density at radius 3 is 2.73 bits per heavy atom. The van der Waals surface area contributed by atoms with Gasteiger partial charge in [0.15, 0.2) is 5.78 Å². The zero-order valence-corrected chi connectivity index (χ0v) is 13.9. The highest BCUT2D eigenvalue weighted by Crippen LogP contribution is 2.32. The van der Waals surface area contributed by atoms with Gasteiger partial charge < -0.3 is 10.1 Å². The molecule has 2 rings (SSSR count). The normalized spacial score (nSPS) is 21.3. The first kappa shape index (κ1) is 16.8. The number of ether oxygens (including phenoxy) is 1. The number of carbonyl (C=O) groups excluding carboxylic acids is 2. The number of rotatable bonds is 4. The van der Waals surface area contributed by atoms with Crippen LogP contribution in [-0.2, 0) is 14.3 Å². The highest BCUT2D eigenvalue weighted by molar-refractivity contribution is 6.36. The van der Waals surface area contributed by atoms with E-state index in [1.165, 1.54) is 6.08 Å². The van der Waals surface area contributed by atoms with Crippen molar-refractivity contribution in [1.29, 1.82) is 0 Å². The van der Waals surface area contributed by atoms with Crippen LogP contribution in [0.3, 0.4) is 0 Å². The summed E-state index contributed by atoms with van der Waals surface area (Å²) in [6, 6.07) is 5.09. The van der Waals surface area contributed by atoms with Gasteiger partial charge in [-0.1, -0.05) is 30.1 Å². The van der Waals surface area contributed by atoms with Gasteiger partial charge in [-0.3, -0.25) is 9.59 Å². The Labute approximate surface area is 139 Å². The molecule has 1 aliphatic carbocycles. The number of ketones is 1. The third-order valence-corrected chi connectivity index (χ3v) is 4.05. The summed E-state index contributed by atoms with van der Waals surface area (Å²) in [5.41, 5.74) is 1.40. The van der Waals surface area contributed by atoms with Crippen LogP contribution >= 0.6 is 23.2 Å². The summed E-state index contributed by atoms with van der Waals surface area (Å²) in [6.45, 7) is 3.85. The van der Waals surface area contributed by atoms with E-state index in [2.05, 4.69) is 5.32 Å². The second-order valence-corrected chi connectivity index (χ2v) is 6.08. The Bertz CT molecular complexity index is 628. The molecule has 0 amide bonds. The van der Waals surface area contributed by atoms with E-state index in [9.17, 15) is 9.59 Å². The van der Waals surface area contributed by atoms with Gasteiger partial charge in [-0.05, 0) is 37.5 Å². The molecule has 0 spiro atoms. The minimum atomic E-state index is -0.730. The van der Waals surface area contributed by atoms with Gasteiger partial charge in [-0.2, -0.15) is 0 Å². The summed E-state index contributed by atoms with van der Waals surface area (Å²) < 4.78 is 4.96. The number of anilines is 1. The molecule has 0 radical (unpaired) electrons. The summed E-state index contributed by atoms with van der Waals surface area (Å²) >= 11 is 12.0. The van der Waals surface area contributed by atoms with Gasteiger partial charge in [0.25, 0.3) is 0 Å². The van der Waals surface area contributed by atoms with Crippen LogP contribution in [0.1, 0.15) is 20.3 Å². The van der Waals surface area contributed by atoms with Crippen LogP contribution in [0.15, 0.2) is 30.0 Å². The van der Waals surface area contributed by atoms with E-state index in [-0.39, 0.29) is 18.3 Å². The minimum Gasteiger partial charge on any atom is -0.465 e. The van der Waals surface area contributed by atoms with E-state index < -0.39 is 11.9 Å². The molecule has 118 valence electrons. The third kappa shape index (κ3) is 3.81. The van der Waals surface area contributed by atoms with Crippen LogP contribution in [0, 0.1) is 11.8 Å². The Hall–Kier alpha value is -1.52. The first-order valence-corrected chi connectivity index (χ1v) is 7.81. The number of allylic oxidation sites excluding steroid dienone is 2. The number of benzene rings is 1. The number of hydrogen-bond acceptors (Lipinski definition) is 4. The molecular formula is C16H17Cl2NO3. The first-order valence-electron chi connectivity index (χ1n) is 7.05. The van der Waals surface area contributed by atoms with Crippen molar-refractivity contribution in [1.82, 2.24) is 0 Å².